The molecular formula is C15H20N2O. The maximum Gasteiger partial charge on any atom is 0.223 e. The zero-order valence-electron chi connectivity index (χ0n) is 11.4. The van der Waals surface area contributed by atoms with Crippen LogP contribution in [0.3, 0.4) is 0 Å². The first kappa shape index (κ1) is 14.2. The number of nitriles is 1. The average molecular weight is 244 g/mol. The Morgan fingerprint density at radius 1 is 1.39 bits per heavy atom. The molecule has 0 aromatic heterocycles. The molecule has 0 radical (unpaired) electrons. The number of benzene rings is 1. The van der Waals surface area contributed by atoms with E-state index in [4.69, 9.17) is 5.26 Å². The number of hydrogen-bond acceptors (Lipinski definition) is 2. The number of likely N-dealkylation sites (N-methyl/N-ethyl adjacent to an activating group) is 1. The van der Waals surface area contributed by atoms with Gasteiger partial charge in [0.05, 0.1) is 6.07 Å². The Labute approximate surface area is 109 Å². The fourth-order valence-corrected chi connectivity index (χ4v) is 1.89. The van der Waals surface area contributed by atoms with Crippen LogP contribution >= 0.6 is 0 Å². The Bertz CT molecular complexity index is 460. The smallest absolute Gasteiger partial charge is 0.223 e. The summed E-state index contributed by atoms with van der Waals surface area (Å²) in [4.78, 5) is 13.3. The van der Waals surface area contributed by atoms with Crippen LogP contribution in [0, 0.1) is 25.2 Å². The first-order valence-corrected chi connectivity index (χ1v) is 6.21. The van der Waals surface area contributed by atoms with Gasteiger partial charge in [0.25, 0.3) is 0 Å². The van der Waals surface area contributed by atoms with Gasteiger partial charge in [0.1, 0.15) is 0 Å². The van der Waals surface area contributed by atoms with E-state index >= 15 is 0 Å². The number of carbonyl (C=O) groups is 1. The van der Waals surface area contributed by atoms with Gasteiger partial charge in [-0.1, -0.05) is 23.8 Å². The van der Waals surface area contributed by atoms with Crippen molar-refractivity contribution in [2.24, 2.45) is 0 Å². The summed E-state index contributed by atoms with van der Waals surface area (Å²) in [5, 5.41) is 8.45. The van der Waals surface area contributed by atoms with Crippen molar-refractivity contribution in [3.8, 4) is 6.07 Å². The molecular weight excluding hydrogens is 224 g/mol. The highest BCUT2D eigenvalue weighted by Crippen LogP contribution is 2.11. The second-order valence-corrected chi connectivity index (χ2v) is 4.65. The number of hydrogen-bond donors (Lipinski definition) is 0. The molecule has 0 spiro atoms. The van der Waals surface area contributed by atoms with Gasteiger partial charge < -0.3 is 4.90 Å². The maximum atomic E-state index is 11.6. The summed E-state index contributed by atoms with van der Waals surface area (Å²) in [5.74, 6) is 0.0429. The molecule has 1 rings (SSSR count). The first-order valence-electron chi connectivity index (χ1n) is 6.21. The summed E-state index contributed by atoms with van der Waals surface area (Å²) < 4.78 is 0. The molecule has 1 aromatic rings. The monoisotopic (exact) mass is 244 g/mol. The Balaban J connectivity index is 2.49. The number of carbonyl (C=O) groups excluding carboxylic acids is 1. The van der Waals surface area contributed by atoms with Gasteiger partial charge in [0.15, 0.2) is 0 Å². The van der Waals surface area contributed by atoms with Gasteiger partial charge in [-0.3, -0.25) is 4.79 Å². The Morgan fingerprint density at radius 3 is 2.72 bits per heavy atom. The highest BCUT2D eigenvalue weighted by molar-refractivity contribution is 5.76. The number of rotatable bonds is 5. The lowest BCUT2D eigenvalue weighted by molar-refractivity contribution is -0.129. The Kier molecular flexibility index (Phi) is 5.38. The van der Waals surface area contributed by atoms with Crippen LogP contribution in [0.2, 0.25) is 0 Å². The van der Waals surface area contributed by atoms with E-state index in [1.165, 1.54) is 16.7 Å². The van der Waals surface area contributed by atoms with Crippen molar-refractivity contribution < 1.29 is 4.79 Å². The normalized spacial score (nSPS) is 9.89. The second kappa shape index (κ2) is 6.80. The van der Waals surface area contributed by atoms with Crippen LogP contribution in [-0.4, -0.2) is 24.4 Å². The summed E-state index contributed by atoms with van der Waals surface area (Å²) in [6.45, 7) is 4.88. The van der Waals surface area contributed by atoms with Crippen LogP contribution in [0.4, 0.5) is 0 Å². The van der Waals surface area contributed by atoms with Crippen LogP contribution in [0.5, 0.6) is 0 Å². The molecule has 1 aromatic carbocycles. The second-order valence-electron chi connectivity index (χ2n) is 4.65. The van der Waals surface area contributed by atoms with E-state index in [1.807, 2.05) is 6.07 Å². The van der Waals surface area contributed by atoms with E-state index in [1.54, 1.807) is 11.9 Å². The van der Waals surface area contributed by atoms with Gasteiger partial charge in [-0.15, -0.1) is 0 Å². The van der Waals surface area contributed by atoms with Crippen LogP contribution in [0.15, 0.2) is 18.2 Å². The molecule has 3 nitrogen and oxygen atoms in total. The van der Waals surface area contributed by atoms with Crippen molar-refractivity contribution in [1.82, 2.24) is 4.90 Å². The molecule has 0 unspecified atom stereocenters. The zero-order chi connectivity index (χ0) is 13.5. The average Bonchev–Trinajstić information content (AvgIpc) is 2.34. The third-order valence-corrected chi connectivity index (χ3v) is 3.09. The van der Waals surface area contributed by atoms with E-state index in [9.17, 15) is 4.79 Å². The molecule has 0 aliphatic carbocycles. The van der Waals surface area contributed by atoms with E-state index in [0.717, 1.165) is 6.42 Å². The summed E-state index contributed by atoms with van der Waals surface area (Å²) in [7, 11) is 1.79. The largest absolute Gasteiger partial charge is 0.345 e. The molecule has 0 N–H and O–H groups in total. The summed E-state index contributed by atoms with van der Waals surface area (Å²) in [5.41, 5.74) is 3.81. The lowest BCUT2D eigenvalue weighted by Gasteiger charge is -2.17. The molecule has 96 valence electrons. The quantitative estimate of drug-likeness (QED) is 0.799. The van der Waals surface area contributed by atoms with Crippen molar-refractivity contribution >= 4 is 5.91 Å². The third-order valence-electron chi connectivity index (χ3n) is 3.09. The molecule has 18 heavy (non-hydrogen) atoms. The van der Waals surface area contributed by atoms with E-state index in [-0.39, 0.29) is 5.91 Å². The highest BCUT2D eigenvalue weighted by atomic mass is 16.2. The molecule has 0 bridgehead atoms. The maximum absolute atomic E-state index is 11.6. The SMILES string of the molecule is Cc1ccc(CCN(C)C(=O)CCC#N)c(C)c1. The predicted octanol–water partition coefficient (Wildman–Crippen LogP) is 2.61. The van der Waals surface area contributed by atoms with Crippen molar-refractivity contribution in [2.45, 2.75) is 33.1 Å². The van der Waals surface area contributed by atoms with E-state index < -0.39 is 0 Å². The Hall–Kier alpha value is -1.82. The highest BCUT2D eigenvalue weighted by Gasteiger charge is 2.08. The zero-order valence-corrected chi connectivity index (χ0v) is 11.4. The molecule has 0 heterocycles. The third kappa shape index (κ3) is 4.21. The van der Waals surface area contributed by atoms with Gasteiger partial charge in [0, 0.05) is 26.4 Å². The van der Waals surface area contributed by atoms with Gasteiger partial charge in [-0.05, 0) is 31.4 Å². The van der Waals surface area contributed by atoms with Crippen LogP contribution in [-0.2, 0) is 11.2 Å². The fraction of sp³-hybridized carbons (Fsp3) is 0.467. The minimum atomic E-state index is 0.0429. The van der Waals surface area contributed by atoms with Gasteiger partial charge in [-0.2, -0.15) is 5.26 Å². The molecule has 0 aliphatic heterocycles. The van der Waals surface area contributed by atoms with Crippen molar-refractivity contribution in [1.29, 1.82) is 5.26 Å². The van der Waals surface area contributed by atoms with Crippen molar-refractivity contribution in [3.05, 3.63) is 34.9 Å². The lowest BCUT2D eigenvalue weighted by Crippen LogP contribution is -2.28. The van der Waals surface area contributed by atoms with Crippen LogP contribution in [0.1, 0.15) is 29.5 Å². The Morgan fingerprint density at radius 2 is 2.11 bits per heavy atom. The van der Waals surface area contributed by atoms with Gasteiger partial charge >= 0.3 is 0 Å². The summed E-state index contributed by atoms with van der Waals surface area (Å²) in [6, 6.07) is 8.38. The lowest BCUT2D eigenvalue weighted by atomic mass is 10.0. The summed E-state index contributed by atoms with van der Waals surface area (Å²) >= 11 is 0. The molecule has 1 amide bonds. The van der Waals surface area contributed by atoms with E-state index in [0.29, 0.717) is 19.4 Å². The molecule has 0 atom stereocenters. The standard InChI is InChI=1S/C15H20N2O/c1-12-6-7-14(13(2)11-12)8-10-17(3)15(18)5-4-9-16/h6-7,11H,4-5,8,10H2,1-3H3. The summed E-state index contributed by atoms with van der Waals surface area (Å²) in [6.07, 6.45) is 1.48. The number of nitrogens with zero attached hydrogens (tertiary/aromatic N) is 2. The number of aryl methyl sites for hydroxylation is 2. The fourth-order valence-electron chi connectivity index (χ4n) is 1.89. The molecule has 0 saturated heterocycles. The first-order chi connectivity index (χ1) is 8.54. The molecule has 3 heteroatoms. The van der Waals surface area contributed by atoms with E-state index in [2.05, 4.69) is 32.0 Å². The number of amides is 1. The van der Waals surface area contributed by atoms with Gasteiger partial charge in [-0.25, -0.2) is 0 Å². The minimum Gasteiger partial charge on any atom is -0.345 e. The topological polar surface area (TPSA) is 44.1 Å². The predicted molar refractivity (Wildman–Crippen MR) is 72.1 cm³/mol. The van der Waals surface area contributed by atoms with Crippen molar-refractivity contribution in [2.75, 3.05) is 13.6 Å². The molecule has 0 fully saturated rings. The van der Waals surface area contributed by atoms with Gasteiger partial charge in [0.2, 0.25) is 5.91 Å². The molecule has 0 saturated carbocycles. The minimum absolute atomic E-state index is 0.0429. The molecule has 0 aliphatic rings. The van der Waals surface area contributed by atoms with Crippen molar-refractivity contribution in [3.63, 3.8) is 0 Å². The van der Waals surface area contributed by atoms with Crippen LogP contribution in [0.25, 0.3) is 0 Å². The van der Waals surface area contributed by atoms with Crippen LogP contribution < -0.4 is 0 Å².